The molecule has 3 aliphatic heterocycles. The van der Waals surface area contributed by atoms with Gasteiger partial charge in [0.2, 0.25) is 0 Å². The molecule has 0 radical (unpaired) electrons. The number of halogens is 1. The molecular weight excluding hydrogens is 392 g/mol. The summed E-state index contributed by atoms with van der Waals surface area (Å²) >= 11 is 3.73. The highest BCUT2D eigenvalue weighted by Crippen LogP contribution is 2.35. The molecule has 8 heteroatoms. The monoisotopic (exact) mass is 418 g/mol. The summed E-state index contributed by atoms with van der Waals surface area (Å²) in [6, 6.07) is -0.110. The highest BCUT2D eigenvalue weighted by atomic mass is 79.9. The van der Waals surface area contributed by atoms with Crippen LogP contribution in [-0.2, 0) is 23.7 Å². The Kier molecular flexibility index (Phi) is 5.94. The number of rotatable bonds is 4. The summed E-state index contributed by atoms with van der Waals surface area (Å²) in [4.78, 5) is 12.7. The van der Waals surface area contributed by atoms with E-state index in [-0.39, 0.29) is 47.1 Å². The molecule has 0 aromatic heterocycles. The average Bonchev–Trinajstić information content (AvgIpc) is 3.30. The van der Waals surface area contributed by atoms with Crippen LogP contribution in [0.4, 0.5) is 0 Å². The van der Waals surface area contributed by atoms with E-state index in [0.29, 0.717) is 26.2 Å². The van der Waals surface area contributed by atoms with Crippen LogP contribution in [0.3, 0.4) is 0 Å². The Morgan fingerprint density at radius 3 is 2.52 bits per heavy atom. The number of hydrogen-bond donors (Lipinski definition) is 2. The Bertz CT molecular complexity index is 476. The molecule has 4 fully saturated rings. The summed E-state index contributed by atoms with van der Waals surface area (Å²) in [5.41, 5.74) is 6.26. The van der Waals surface area contributed by atoms with Crippen molar-refractivity contribution in [1.29, 1.82) is 0 Å². The first-order chi connectivity index (χ1) is 12.2. The van der Waals surface area contributed by atoms with Gasteiger partial charge in [-0.05, 0) is 32.1 Å². The van der Waals surface area contributed by atoms with Crippen LogP contribution in [-0.4, -0.2) is 67.6 Å². The molecule has 0 bridgehead atoms. The molecule has 7 atom stereocenters. The van der Waals surface area contributed by atoms with Gasteiger partial charge in [-0.25, -0.2) is 5.43 Å². The van der Waals surface area contributed by atoms with Gasteiger partial charge in [0.15, 0.2) is 0 Å². The summed E-state index contributed by atoms with van der Waals surface area (Å²) < 4.78 is 22.9. The molecule has 25 heavy (non-hydrogen) atoms. The summed E-state index contributed by atoms with van der Waals surface area (Å²) in [5, 5.41) is 0. The van der Waals surface area contributed by atoms with Gasteiger partial charge in [0.1, 0.15) is 6.04 Å². The molecule has 0 spiro atoms. The van der Waals surface area contributed by atoms with E-state index in [1.54, 1.807) is 0 Å². The minimum absolute atomic E-state index is 0.126. The van der Waals surface area contributed by atoms with E-state index in [0.717, 1.165) is 32.3 Å². The lowest BCUT2D eigenvalue weighted by molar-refractivity contribution is -0.166. The van der Waals surface area contributed by atoms with Crippen LogP contribution in [0.1, 0.15) is 32.1 Å². The Morgan fingerprint density at radius 2 is 1.76 bits per heavy atom. The van der Waals surface area contributed by atoms with Gasteiger partial charge < -0.3 is 18.9 Å². The molecule has 7 unspecified atom stereocenters. The number of esters is 1. The van der Waals surface area contributed by atoms with Crippen LogP contribution in [0.5, 0.6) is 0 Å². The van der Waals surface area contributed by atoms with Gasteiger partial charge in [0.05, 0.1) is 38.1 Å². The Morgan fingerprint density at radius 1 is 1.00 bits per heavy atom. The number of ether oxygens (including phenoxy) is 4. The number of nitrogens with one attached hydrogen (secondary N) is 2. The summed E-state index contributed by atoms with van der Waals surface area (Å²) in [6.45, 7) is 2.57. The molecule has 0 aromatic carbocycles. The van der Waals surface area contributed by atoms with Crippen molar-refractivity contribution in [2.75, 3.05) is 26.4 Å². The second-order valence-corrected chi connectivity index (χ2v) is 8.61. The van der Waals surface area contributed by atoms with Crippen molar-refractivity contribution in [3.63, 3.8) is 0 Å². The van der Waals surface area contributed by atoms with Crippen LogP contribution < -0.4 is 10.9 Å². The van der Waals surface area contributed by atoms with Crippen LogP contribution in [0, 0.1) is 5.92 Å². The molecule has 2 N–H and O–H groups in total. The Hall–Kier alpha value is -0.250. The van der Waals surface area contributed by atoms with Gasteiger partial charge >= 0.3 is 5.97 Å². The van der Waals surface area contributed by atoms with Gasteiger partial charge in [-0.15, -0.1) is 0 Å². The van der Waals surface area contributed by atoms with Crippen LogP contribution in [0.15, 0.2) is 0 Å². The molecular formula is C17H27BrN2O5. The fourth-order valence-corrected chi connectivity index (χ4v) is 5.01. The highest BCUT2D eigenvalue weighted by molar-refractivity contribution is 9.09. The quantitative estimate of drug-likeness (QED) is 0.518. The molecule has 1 aliphatic carbocycles. The fraction of sp³-hybridized carbons (Fsp3) is 0.941. The van der Waals surface area contributed by atoms with Crippen molar-refractivity contribution in [3.05, 3.63) is 0 Å². The van der Waals surface area contributed by atoms with Crippen molar-refractivity contribution in [1.82, 2.24) is 10.9 Å². The topological polar surface area (TPSA) is 78.1 Å². The van der Waals surface area contributed by atoms with Gasteiger partial charge in [-0.3, -0.25) is 10.2 Å². The van der Waals surface area contributed by atoms with E-state index in [4.69, 9.17) is 18.9 Å². The average molecular weight is 419 g/mol. The molecule has 142 valence electrons. The minimum Gasteiger partial charge on any atom is -0.464 e. The van der Waals surface area contributed by atoms with Gasteiger partial charge in [0.25, 0.3) is 0 Å². The third-order valence-electron chi connectivity index (χ3n) is 5.74. The minimum atomic E-state index is -0.298. The fourth-order valence-electron chi connectivity index (χ4n) is 4.28. The third-order valence-corrected chi connectivity index (χ3v) is 6.86. The first-order valence-electron chi connectivity index (χ1n) is 9.37. The maximum atomic E-state index is 12.4. The lowest BCUT2D eigenvalue weighted by Crippen LogP contribution is -2.48. The molecule has 4 rings (SSSR count). The molecule has 3 saturated heterocycles. The van der Waals surface area contributed by atoms with E-state index >= 15 is 0 Å². The third kappa shape index (κ3) is 4.20. The zero-order chi connectivity index (χ0) is 17.2. The predicted molar refractivity (Wildman–Crippen MR) is 93.3 cm³/mol. The number of carbonyl (C=O) groups is 1. The Balaban J connectivity index is 1.23. The van der Waals surface area contributed by atoms with E-state index in [1.807, 2.05) is 0 Å². The zero-order valence-electron chi connectivity index (χ0n) is 14.3. The molecule has 4 aliphatic rings. The van der Waals surface area contributed by atoms with Gasteiger partial charge in [-0.1, -0.05) is 15.9 Å². The first-order valence-corrected chi connectivity index (χ1v) is 10.3. The largest absolute Gasteiger partial charge is 0.464 e. The van der Waals surface area contributed by atoms with Crippen LogP contribution in [0.2, 0.25) is 0 Å². The molecule has 0 aromatic rings. The number of alkyl halides is 1. The van der Waals surface area contributed by atoms with Gasteiger partial charge in [-0.2, -0.15) is 0 Å². The molecule has 1 saturated carbocycles. The first kappa shape index (κ1) is 18.1. The number of hydrogen-bond acceptors (Lipinski definition) is 7. The Labute approximate surface area is 156 Å². The van der Waals surface area contributed by atoms with Crippen molar-refractivity contribution in [2.24, 2.45) is 5.92 Å². The lowest BCUT2D eigenvalue weighted by Gasteiger charge is -2.41. The zero-order valence-corrected chi connectivity index (χ0v) is 15.9. The maximum Gasteiger partial charge on any atom is 0.324 e. The molecule has 0 amide bonds. The van der Waals surface area contributed by atoms with E-state index in [1.165, 1.54) is 0 Å². The summed E-state index contributed by atoms with van der Waals surface area (Å²) in [7, 11) is 0. The summed E-state index contributed by atoms with van der Waals surface area (Å²) in [6.07, 6.45) is 5.13. The summed E-state index contributed by atoms with van der Waals surface area (Å²) in [5.74, 6) is 0.0749. The van der Waals surface area contributed by atoms with Crippen LogP contribution >= 0.6 is 15.9 Å². The van der Waals surface area contributed by atoms with Crippen molar-refractivity contribution in [2.45, 2.75) is 67.3 Å². The van der Waals surface area contributed by atoms with Crippen LogP contribution in [0.25, 0.3) is 0 Å². The van der Waals surface area contributed by atoms with Crippen molar-refractivity contribution in [3.8, 4) is 0 Å². The standard InChI is InChI=1S/C17H27BrN2O5/c18-11-7-16-15(23-4-5-24-16)6-10(11)9-25-17(21)13-8-12(19-20-13)14-2-1-3-22-14/h10-16,19-20H,1-9H2. The van der Waals surface area contributed by atoms with E-state index in [2.05, 4.69) is 26.8 Å². The van der Waals surface area contributed by atoms with E-state index in [9.17, 15) is 4.79 Å². The second kappa shape index (κ2) is 8.19. The number of carbonyl (C=O) groups excluding carboxylic acids is 1. The molecule has 7 nitrogen and oxygen atoms in total. The van der Waals surface area contributed by atoms with Crippen molar-refractivity contribution < 1.29 is 23.7 Å². The van der Waals surface area contributed by atoms with Gasteiger partial charge in [0, 0.05) is 23.4 Å². The highest BCUT2D eigenvalue weighted by Gasteiger charge is 2.41. The molecule has 3 heterocycles. The van der Waals surface area contributed by atoms with E-state index < -0.39 is 0 Å². The predicted octanol–water partition coefficient (Wildman–Crippen LogP) is 0.901. The lowest BCUT2D eigenvalue weighted by atomic mass is 9.85. The normalized spacial score (nSPS) is 44.4. The second-order valence-electron chi connectivity index (χ2n) is 7.43. The maximum absolute atomic E-state index is 12.4. The number of fused-ring (bicyclic) bond motifs is 1. The van der Waals surface area contributed by atoms with Crippen molar-refractivity contribution >= 4 is 21.9 Å². The smallest absolute Gasteiger partial charge is 0.324 e. The number of hydrazine groups is 1. The SMILES string of the molecule is O=C(OCC1CC2OCCOC2CC1Br)C1CC(C2CCCO2)NN1.